The topological polar surface area (TPSA) is 128 Å². The SMILES string of the molecule is CCCN(CCC)C(=O)c1cc(C)cc(C(=O)N[C@@H](Cc2cc(F)cc(F)c2)[C@H](O)[C@H]2CN(C(=O)c3c(C)noc3C)CCN2)c1. The van der Waals surface area contributed by atoms with Crippen LogP contribution in [0.1, 0.15) is 80.3 Å². The highest BCUT2D eigenvalue weighted by Gasteiger charge is 2.35. The molecule has 46 heavy (non-hydrogen) atoms. The van der Waals surface area contributed by atoms with E-state index >= 15 is 0 Å². The van der Waals surface area contributed by atoms with Crippen LogP contribution in [-0.4, -0.2) is 88.7 Å². The number of rotatable bonds is 12. The molecule has 1 fully saturated rings. The van der Waals surface area contributed by atoms with Crippen molar-refractivity contribution in [1.29, 1.82) is 0 Å². The third kappa shape index (κ3) is 8.35. The van der Waals surface area contributed by atoms with E-state index in [4.69, 9.17) is 4.52 Å². The summed E-state index contributed by atoms with van der Waals surface area (Å²) in [5, 5.41) is 21.6. The first-order valence-electron chi connectivity index (χ1n) is 15.7. The molecule has 0 aliphatic carbocycles. The van der Waals surface area contributed by atoms with Gasteiger partial charge in [0.15, 0.2) is 0 Å². The molecule has 0 spiro atoms. The van der Waals surface area contributed by atoms with E-state index in [0.29, 0.717) is 54.3 Å². The molecule has 1 aliphatic heterocycles. The number of carbonyl (C=O) groups is 3. The van der Waals surface area contributed by atoms with Crippen molar-refractivity contribution in [2.75, 3.05) is 32.7 Å². The molecule has 0 unspecified atom stereocenters. The second kappa shape index (κ2) is 15.4. The average molecular weight is 640 g/mol. The summed E-state index contributed by atoms with van der Waals surface area (Å²) in [7, 11) is 0. The fourth-order valence-electron chi connectivity index (χ4n) is 5.98. The van der Waals surface area contributed by atoms with Gasteiger partial charge in [-0.25, -0.2) is 8.78 Å². The van der Waals surface area contributed by atoms with Crippen molar-refractivity contribution < 1.29 is 32.8 Å². The fourth-order valence-corrected chi connectivity index (χ4v) is 5.98. The summed E-state index contributed by atoms with van der Waals surface area (Å²) < 4.78 is 33.5. The third-order valence-electron chi connectivity index (χ3n) is 8.12. The molecule has 3 amide bonds. The van der Waals surface area contributed by atoms with Crippen LogP contribution in [0.5, 0.6) is 0 Å². The van der Waals surface area contributed by atoms with Gasteiger partial charge in [0.25, 0.3) is 17.7 Å². The van der Waals surface area contributed by atoms with Gasteiger partial charge in [-0.15, -0.1) is 0 Å². The van der Waals surface area contributed by atoms with Gasteiger partial charge < -0.3 is 30.1 Å². The monoisotopic (exact) mass is 639 g/mol. The number of carbonyl (C=O) groups excluding carboxylic acids is 3. The van der Waals surface area contributed by atoms with Gasteiger partial charge in [-0.2, -0.15) is 0 Å². The number of nitrogens with one attached hydrogen (secondary N) is 2. The van der Waals surface area contributed by atoms with Gasteiger partial charge in [-0.3, -0.25) is 14.4 Å². The summed E-state index contributed by atoms with van der Waals surface area (Å²) >= 11 is 0. The van der Waals surface area contributed by atoms with Crippen LogP contribution in [-0.2, 0) is 6.42 Å². The normalized spacial score (nSPS) is 16.2. The summed E-state index contributed by atoms with van der Waals surface area (Å²) in [6.45, 7) is 11.1. The Morgan fingerprint density at radius 1 is 1.04 bits per heavy atom. The molecular weight excluding hydrogens is 596 g/mol. The number of hydrogen-bond donors (Lipinski definition) is 3. The van der Waals surface area contributed by atoms with Gasteiger partial charge in [0.1, 0.15) is 23.0 Å². The molecular formula is C34H43F2N5O5. The van der Waals surface area contributed by atoms with Crippen LogP contribution >= 0.6 is 0 Å². The molecule has 1 aliphatic rings. The highest BCUT2D eigenvalue weighted by Crippen LogP contribution is 2.20. The predicted molar refractivity (Wildman–Crippen MR) is 169 cm³/mol. The zero-order valence-electron chi connectivity index (χ0n) is 27.0. The number of aromatic nitrogens is 1. The number of aryl methyl sites for hydroxylation is 3. The van der Waals surface area contributed by atoms with E-state index in [1.165, 1.54) is 6.07 Å². The van der Waals surface area contributed by atoms with E-state index in [-0.39, 0.29) is 35.9 Å². The smallest absolute Gasteiger partial charge is 0.259 e. The standard InChI is InChI=1S/C34H43F2N5O5/c1-6-9-40(10-7-2)33(44)25-13-20(3)12-24(17-25)32(43)38-28(16-23-14-26(35)18-27(36)15-23)31(42)29-19-41(11-8-37-29)34(45)30-21(4)39-46-22(30)5/h12-15,17-18,28-29,31,37,42H,6-11,16,19H2,1-5H3,(H,38,43)/t28-,29+,31-/m0/s1. The van der Waals surface area contributed by atoms with Gasteiger partial charge in [0.05, 0.1) is 23.9 Å². The van der Waals surface area contributed by atoms with Crippen molar-refractivity contribution in [3.8, 4) is 0 Å². The molecule has 248 valence electrons. The van der Waals surface area contributed by atoms with Crippen molar-refractivity contribution >= 4 is 17.7 Å². The van der Waals surface area contributed by atoms with Crippen molar-refractivity contribution in [2.45, 2.75) is 72.1 Å². The molecule has 0 bridgehead atoms. The van der Waals surface area contributed by atoms with Crippen LogP contribution in [0.3, 0.4) is 0 Å². The van der Waals surface area contributed by atoms with E-state index < -0.39 is 35.7 Å². The predicted octanol–water partition coefficient (Wildman–Crippen LogP) is 3.96. The van der Waals surface area contributed by atoms with Crippen LogP contribution in [0, 0.1) is 32.4 Å². The molecule has 3 atom stereocenters. The van der Waals surface area contributed by atoms with Crippen LogP contribution in [0.15, 0.2) is 40.9 Å². The summed E-state index contributed by atoms with van der Waals surface area (Å²) in [5.41, 5.74) is 2.34. The second-order valence-corrected chi connectivity index (χ2v) is 11.9. The number of amides is 3. The molecule has 0 radical (unpaired) electrons. The highest BCUT2D eigenvalue weighted by atomic mass is 19.1. The number of aliphatic hydroxyl groups is 1. The Balaban J connectivity index is 1.60. The number of halogens is 2. The number of hydrogen-bond acceptors (Lipinski definition) is 7. The van der Waals surface area contributed by atoms with Crippen LogP contribution < -0.4 is 10.6 Å². The summed E-state index contributed by atoms with van der Waals surface area (Å²) in [5.74, 6) is -2.21. The Morgan fingerprint density at radius 2 is 1.70 bits per heavy atom. The maximum atomic E-state index is 14.1. The van der Waals surface area contributed by atoms with Gasteiger partial charge in [0, 0.05) is 49.9 Å². The zero-order chi connectivity index (χ0) is 33.5. The minimum absolute atomic E-state index is 0.0989. The largest absolute Gasteiger partial charge is 0.389 e. The highest BCUT2D eigenvalue weighted by molar-refractivity contribution is 6.00. The molecule has 12 heteroatoms. The van der Waals surface area contributed by atoms with Crippen molar-refractivity contribution in [3.05, 3.63) is 87.3 Å². The molecule has 2 heterocycles. The second-order valence-electron chi connectivity index (χ2n) is 11.9. The lowest BCUT2D eigenvalue weighted by atomic mass is 9.94. The lowest BCUT2D eigenvalue weighted by molar-refractivity contribution is 0.0408. The molecule has 3 N–H and O–H groups in total. The van der Waals surface area contributed by atoms with E-state index in [2.05, 4.69) is 15.8 Å². The van der Waals surface area contributed by atoms with Crippen LogP contribution in [0.25, 0.3) is 0 Å². The first kappa shape index (κ1) is 34.7. The minimum Gasteiger partial charge on any atom is -0.389 e. The van der Waals surface area contributed by atoms with Gasteiger partial charge >= 0.3 is 0 Å². The van der Waals surface area contributed by atoms with Crippen molar-refractivity contribution in [1.82, 2.24) is 25.6 Å². The fraction of sp³-hybridized carbons (Fsp3) is 0.471. The first-order valence-corrected chi connectivity index (χ1v) is 15.7. The Labute approximate surface area is 268 Å². The maximum Gasteiger partial charge on any atom is 0.259 e. The Morgan fingerprint density at radius 3 is 2.30 bits per heavy atom. The Hall–Kier alpha value is -4.16. The quantitative estimate of drug-likeness (QED) is 0.274. The number of piperazine rings is 1. The lowest BCUT2D eigenvalue weighted by Crippen LogP contribution is -2.62. The summed E-state index contributed by atoms with van der Waals surface area (Å²) in [6.07, 6.45) is 0.213. The first-order chi connectivity index (χ1) is 21.9. The molecule has 10 nitrogen and oxygen atoms in total. The zero-order valence-corrected chi connectivity index (χ0v) is 27.0. The molecule has 2 aromatic carbocycles. The Kier molecular flexibility index (Phi) is 11.6. The number of nitrogens with zero attached hydrogens (tertiary/aromatic N) is 3. The Bertz CT molecular complexity index is 1510. The van der Waals surface area contributed by atoms with E-state index in [1.807, 2.05) is 13.8 Å². The molecule has 1 saturated heterocycles. The van der Waals surface area contributed by atoms with Crippen LogP contribution in [0.2, 0.25) is 0 Å². The van der Waals surface area contributed by atoms with E-state index in [9.17, 15) is 28.3 Å². The van der Waals surface area contributed by atoms with Gasteiger partial charge in [-0.1, -0.05) is 19.0 Å². The lowest BCUT2D eigenvalue weighted by Gasteiger charge is -2.38. The molecule has 4 rings (SSSR count). The number of benzene rings is 2. The van der Waals surface area contributed by atoms with Gasteiger partial charge in [-0.05, 0) is 81.5 Å². The number of aliphatic hydroxyl groups excluding tert-OH is 1. The maximum absolute atomic E-state index is 14.1. The third-order valence-corrected chi connectivity index (χ3v) is 8.12. The molecule has 1 aromatic heterocycles. The summed E-state index contributed by atoms with van der Waals surface area (Å²) in [6, 6.07) is 6.24. The average Bonchev–Trinajstić information content (AvgIpc) is 3.35. The van der Waals surface area contributed by atoms with Crippen LogP contribution in [0.4, 0.5) is 8.78 Å². The molecule has 0 saturated carbocycles. The van der Waals surface area contributed by atoms with E-state index in [1.54, 1.807) is 42.7 Å². The van der Waals surface area contributed by atoms with Crippen molar-refractivity contribution in [3.63, 3.8) is 0 Å². The minimum atomic E-state index is -1.27. The van der Waals surface area contributed by atoms with Crippen molar-refractivity contribution in [2.24, 2.45) is 0 Å². The molecule has 3 aromatic rings. The van der Waals surface area contributed by atoms with E-state index in [0.717, 1.165) is 31.0 Å². The summed E-state index contributed by atoms with van der Waals surface area (Å²) in [4.78, 5) is 43.7. The van der Waals surface area contributed by atoms with Gasteiger partial charge in [0.2, 0.25) is 0 Å².